The monoisotopic (exact) mass is 258 g/mol. The summed E-state index contributed by atoms with van der Waals surface area (Å²) in [6.45, 7) is 4.45. The smallest absolute Gasteiger partial charge is 0.123 e. The number of hydrogen-bond acceptors (Lipinski definition) is 0. The van der Waals surface area contributed by atoms with Crippen molar-refractivity contribution in [3.8, 4) is 0 Å². The Hall–Kier alpha value is -0.370. The zero-order valence-corrected chi connectivity index (χ0v) is 10.3. The molecule has 14 heavy (non-hydrogen) atoms. The van der Waals surface area contributed by atoms with Crippen LogP contribution < -0.4 is 0 Å². The van der Waals surface area contributed by atoms with Crippen molar-refractivity contribution in [3.63, 3.8) is 0 Å². The average Bonchev–Trinajstić information content (AvgIpc) is 2.17. The predicted molar refractivity (Wildman–Crippen MR) is 62.3 cm³/mol. The number of halogens is 2. The second kappa shape index (κ2) is 4.92. The summed E-state index contributed by atoms with van der Waals surface area (Å²) in [6.07, 6.45) is 2.13. The third-order valence-electron chi connectivity index (χ3n) is 2.37. The Morgan fingerprint density at radius 1 is 1.21 bits per heavy atom. The molecule has 0 atom stereocenters. The standard InChI is InChI=1S/C12H16BrF/c1-12(2,9-13)8-7-10-3-5-11(14)6-4-10/h3-6H,7-9H2,1-2H3. The van der Waals surface area contributed by atoms with Gasteiger partial charge in [0.1, 0.15) is 5.82 Å². The number of rotatable bonds is 4. The minimum atomic E-state index is -0.159. The van der Waals surface area contributed by atoms with Gasteiger partial charge in [-0.05, 0) is 36.0 Å². The van der Waals surface area contributed by atoms with Gasteiger partial charge in [0, 0.05) is 5.33 Å². The fraction of sp³-hybridized carbons (Fsp3) is 0.500. The summed E-state index contributed by atoms with van der Waals surface area (Å²) in [5.41, 5.74) is 1.52. The van der Waals surface area contributed by atoms with Gasteiger partial charge in [-0.15, -0.1) is 0 Å². The van der Waals surface area contributed by atoms with Gasteiger partial charge < -0.3 is 0 Å². The number of benzene rings is 1. The molecule has 0 aliphatic carbocycles. The van der Waals surface area contributed by atoms with Crippen molar-refractivity contribution in [2.24, 2.45) is 5.41 Å². The Morgan fingerprint density at radius 3 is 2.29 bits per heavy atom. The van der Waals surface area contributed by atoms with E-state index in [1.807, 2.05) is 12.1 Å². The maximum absolute atomic E-state index is 12.6. The van der Waals surface area contributed by atoms with E-state index in [9.17, 15) is 4.39 Å². The molecule has 78 valence electrons. The van der Waals surface area contributed by atoms with Crippen LogP contribution in [0.2, 0.25) is 0 Å². The molecule has 1 rings (SSSR count). The zero-order chi connectivity index (χ0) is 10.6. The van der Waals surface area contributed by atoms with Gasteiger partial charge in [0.05, 0.1) is 0 Å². The SMILES string of the molecule is CC(C)(CBr)CCc1ccc(F)cc1. The van der Waals surface area contributed by atoms with E-state index >= 15 is 0 Å². The molecule has 0 aliphatic rings. The van der Waals surface area contributed by atoms with Gasteiger partial charge in [-0.1, -0.05) is 41.9 Å². The highest BCUT2D eigenvalue weighted by Gasteiger charge is 2.15. The molecular formula is C12H16BrF. The molecule has 0 unspecified atom stereocenters. The summed E-state index contributed by atoms with van der Waals surface area (Å²) in [5.74, 6) is -0.159. The lowest BCUT2D eigenvalue weighted by Crippen LogP contribution is -2.13. The minimum absolute atomic E-state index is 0.159. The molecule has 0 saturated heterocycles. The predicted octanol–water partition coefficient (Wildman–Crippen LogP) is 4.18. The largest absolute Gasteiger partial charge is 0.207 e. The van der Waals surface area contributed by atoms with Crippen LogP contribution in [-0.2, 0) is 6.42 Å². The van der Waals surface area contributed by atoms with Crippen molar-refractivity contribution >= 4 is 15.9 Å². The summed E-state index contributed by atoms with van der Waals surface area (Å²) in [4.78, 5) is 0. The van der Waals surface area contributed by atoms with Gasteiger partial charge in [0.25, 0.3) is 0 Å². The molecule has 0 amide bonds. The molecule has 1 aromatic rings. The lowest BCUT2D eigenvalue weighted by molar-refractivity contribution is 0.390. The van der Waals surface area contributed by atoms with Crippen LogP contribution in [0, 0.1) is 11.2 Å². The fourth-order valence-electron chi connectivity index (χ4n) is 1.20. The van der Waals surface area contributed by atoms with Crippen molar-refractivity contribution < 1.29 is 4.39 Å². The first kappa shape index (κ1) is 11.7. The lowest BCUT2D eigenvalue weighted by Gasteiger charge is -2.21. The molecule has 0 N–H and O–H groups in total. The van der Waals surface area contributed by atoms with E-state index in [-0.39, 0.29) is 5.82 Å². The first-order chi connectivity index (χ1) is 6.53. The summed E-state index contributed by atoms with van der Waals surface area (Å²) in [7, 11) is 0. The van der Waals surface area contributed by atoms with Crippen LogP contribution in [0.1, 0.15) is 25.8 Å². The molecular weight excluding hydrogens is 243 g/mol. The Labute approximate surface area is 93.7 Å². The van der Waals surface area contributed by atoms with Crippen molar-refractivity contribution in [2.45, 2.75) is 26.7 Å². The lowest BCUT2D eigenvalue weighted by atomic mass is 9.88. The van der Waals surface area contributed by atoms with E-state index in [2.05, 4.69) is 29.8 Å². The third-order valence-corrected chi connectivity index (χ3v) is 3.88. The Balaban J connectivity index is 2.50. The highest BCUT2D eigenvalue weighted by Crippen LogP contribution is 2.24. The Kier molecular flexibility index (Phi) is 4.11. The van der Waals surface area contributed by atoms with Gasteiger partial charge in [-0.2, -0.15) is 0 Å². The molecule has 0 aromatic heterocycles. The number of alkyl halides is 1. The highest BCUT2D eigenvalue weighted by atomic mass is 79.9. The Bertz CT molecular complexity index is 277. The molecule has 0 aliphatic heterocycles. The maximum Gasteiger partial charge on any atom is 0.123 e. The van der Waals surface area contributed by atoms with Crippen molar-refractivity contribution in [1.29, 1.82) is 0 Å². The molecule has 0 fully saturated rings. The van der Waals surface area contributed by atoms with Crippen LogP contribution in [0.15, 0.2) is 24.3 Å². The summed E-state index contributed by atoms with van der Waals surface area (Å²) < 4.78 is 12.6. The van der Waals surface area contributed by atoms with Crippen LogP contribution in [0.25, 0.3) is 0 Å². The second-order valence-corrected chi connectivity index (χ2v) is 4.99. The van der Waals surface area contributed by atoms with E-state index in [4.69, 9.17) is 0 Å². The maximum atomic E-state index is 12.6. The highest BCUT2D eigenvalue weighted by molar-refractivity contribution is 9.09. The summed E-state index contributed by atoms with van der Waals surface area (Å²) in [5, 5.41) is 1.00. The van der Waals surface area contributed by atoms with Crippen LogP contribution in [-0.4, -0.2) is 5.33 Å². The molecule has 2 heteroatoms. The zero-order valence-electron chi connectivity index (χ0n) is 8.69. The van der Waals surface area contributed by atoms with Crippen molar-refractivity contribution in [1.82, 2.24) is 0 Å². The van der Waals surface area contributed by atoms with E-state index in [0.29, 0.717) is 5.41 Å². The van der Waals surface area contributed by atoms with Crippen LogP contribution >= 0.6 is 15.9 Å². The van der Waals surface area contributed by atoms with Crippen molar-refractivity contribution in [3.05, 3.63) is 35.6 Å². The second-order valence-electron chi connectivity index (χ2n) is 4.42. The molecule has 0 spiro atoms. The summed E-state index contributed by atoms with van der Waals surface area (Å²) >= 11 is 3.50. The van der Waals surface area contributed by atoms with E-state index in [1.54, 1.807) is 0 Å². The molecule has 1 aromatic carbocycles. The van der Waals surface area contributed by atoms with Crippen LogP contribution in [0.5, 0.6) is 0 Å². The van der Waals surface area contributed by atoms with Gasteiger partial charge >= 0.3 is 0 Å². The molecule has 0 heterocycles. The minimum Gasteiger partial charge on any atom is -0.207 e. The normalized spacial score (nSPS) is 11.7. The quantitative estimate of drug-likeness (QED) is 0.711. The van der Waals surface area contributed by atoms with E-state index in [0.717, 1.165) is 18.2 Å². The van der Waals surface area contributed by atoms with E-state index < -0.39 is 0 Å². The van der Waals surface area contributed by atoms with Gasteiger partial charge in [-0.3, -0.25) is 0 Å². The van der Waals surface area contributed by atoms with E-state index in [1.165, 1.54) is 17.7 Å². The van der Waals surface area contributed by atoms with Crippen molar-refractivity contribution in [2.75, 3.05) is 5.33 Å². The average molecular weight is 259 g/mol. The number of aryl methyl sites for hydroxylation is 1. The van der Waals surface area contributed by atoms with Gasteiger partial charge in [0.2, 0.25) is 0 Å². The number of hydrogen-bond donors (Lipinski definition) is 0. The van der Waals surface area contributed by atoms with Crippen LogP contribution in [0.4, 0.5) is 4.39 Å². The van der Waals surface area contributed by atoms with Gasteiger partial charge in [-0.25, -0.2) is 4.39 Å². The fourth-order valence-corrected chi connectivity index (χ4v) is 1.48. The topological polar surface area (TPSA) is 0 Å². The molecule has 0 nitrogen and oxygen atoms in total. The first-order valence-electron chi connectivity index (χ1n) is 4.84. The molecule has 0 saturated carbocycles. The van der Waals surface area contributed by atoms with Crippen LogP contribution in [0.3, 0.4) is 0 Å². The summed E-state index contributed by atoms with van der Waals surface area (Å²) in [6, 6.07) is 6.77. The molecule has 0 bridgehead atoms. The van der Waals surface area contributed by atoms with Gasteiger partial charge in [0.15, 0.2) is 0 Å². The first-order valence-corrected chi connectivity index (χ1v) is 5.96. The molecule has 0 radical (unpaired) electrons. The Morgan fingerprint density at radius 2 is 1.79 bits per heavy atom. The third kappa shape index (κ3) is 3.79.